The molecule has 1 heterocycles. The Hall–Kier alpha value is -1.26. The highest BCUT2D eigenvalue weighted by Crippen LogP contribution is 2.59. The first-order valence-electron chi connectivity index (χ1n) is 5.88. The molecule has 1 aliphatic carbocycles. The average Bonchev–Trinajstić information content (AvgIpc) is 2.65. The molecule has 3 atom stereocenters. The van der Waals surface area contributed by atoms with Gasteiger partial charge in [-0.15, -0.1) is 0 Å². The molecular formula is C12H19NO4. The van der Waals surface area contributed by atoms with Crippen molar-refractivity contribution in [2.24, 2.45) is 5.41 Å². The third-order valence-electron chi connectivity index (χ3n) is 3.52. The molecule has 1 saturated heterocycles. The monoisotopic (exact) mass is 241 g/mol. The molecule has 2 rings (SSSR count). The summed E-state index contributed by atoms with van der Waals surface area (Å²) in [5.74, 6) is -0.940. The van der Waals surface area contributed by atoms with E-state index in [1.54, 1.807) is 20.8 Å². The first kappa shape index (κ1) is 12.2. The van der Waals surface area contributed by atoms with Crippen LogP contribution >= 0.6 is 0 Å². The average molecular weight is 241 g/mol. The first-order valence-corrected chi connectivity index (χ1v) is 5.88. The zero-order chi connectivity index (χ0) is 13.0. The van der Waals surface area contributed by atoms with Crippen LogP contribution in [0.3, 0.4) is 0 Å². The molecule has 0 aromatic carbocycles. The summed E-state index contributed by atoms with van der Waals surface area (Å²) < 4.78 is 5.27. The molecule has 96 valence electrons. The molecule has 1 saturated carbocycles. The van der Waals surface area contributed by atoms with Crippen LogP contribution in [0.25, 0.3) is 0 Å². The number of hydrogen-bond acceptors (Lipinski definition) is 3. The van der Waals surface area contributed by atoms with Crippen LogP contribution in [0.2, 0.25) is 0 Å². The highest BCUT2D eigenvalue weighted by atomic mass is 16.6. The number of ether oxygens (including phenoxy) is 1. The summed E-state index contributed by atoms with van der Waals surface area (Å²) in [4.78, 5) is 24.5. The van der Waals surface area contributed by atoms with Gasteiger partial charge in [0.2, 0.25) is 0 Å². The molecule has 0 spiro atoms. The van der Waals surface area contributed by atoms with Crippen LogP contribution in [-0.4, -0.2) is 39.8 Å². The van der Waals surface area contributed by atoms with Crippen molar-refractivity contribution in [2.45, 2.75) is 58.2 Å². The summed E-state index contributed by atoms with van der Waals surface area (Å²) in [6.45, 7) is 7.37. The van der Waals surface area contributed by atoms with Crippen LogP contribution in [0, 0.1) is 5.41 Å². The van der Waals surface area contributed by atoms with Gasteiger partial charge in [0.1, 0.15) is 11.6 Å². The van der Waals surface area contributed by atoms with Crippen LogP contribution in [-0.2, 0) is 9.53 Å². The maximum Gasteiger partial charge on any atom is 0.411 e. The standard InChI is InChI=1S/C12H19NO4/c1-11(2,3)17-10(16)13-7(9(14)15)5-12(4)6-8(12)13/h7-8H,5-6H2,1-4H3,(H,14,15)/t7?,8-,12+/m1/s1. The van der Waals surface area contributed by atoms with Crippen molar-refractivity contribution < 1.29 is 19.4 Å². The zero-order valence-electron chi connectivity index (χ0n) is 10.7. The zero-order valence-corrected chi connectivity index (χ0v) is 10.7. The van der Waals surface area contributed by atoms with Gasteiger partial charge < -0.3 is 9.84 Å². The Labute approximate surface area is 101 Å². The molecule has 0 bridgehead atoms. The molecule has 0 radical (unpaired) electrons. The van der Waals surface area contributed by atoms with Crippen molar-refractivity contribution in [1.82, 2.24) is 4.90 Å². The van der Waals surface area contributed by atoms with E-state index in [4.69, 9.17) is 9.84 Å². The topological polar surface area (TPSA) is 66.8 Å². The molecule has 0 aromatic rings. The van der Waals surface area contributed by atoms with Crippen molar-refractivity contribution in [3.63, 3.8) is 0 Å². The van der Waals surface area contributed by atoms with E-state index in [0.29, 0.717) is 6.42 Å². The predicted molar refractivity (Wildman–Crippen MR) is 60.6 cm³/mol. The maximum absolute atomic E-state index is 12.0. The molecule has 0 aromatic heterocycles. The number of carboxylic acids is 1. The fourth-order valence-corrected chi connectivity index (χ4v) is 2.57. The summed E-state index contributed by atoms with van der Waals surface area (Å²) in [6.07, 6.45) is 0.915. The number of fused-ring (bicyclic) bond motifs is 1. The molecule has 1 N–H and O–H groups in total. The van der Waals surface area contributed by atoms with E-state index in [1.807, 2.05) is 6.92 Å². The Balaban J connectivity index is 2.13. The van der Waals surface area contributed by atoms with E-state index in [0.717, 1.165) is 6.42 Å². The molecule has 1 aliphatic heterocycles. The fourth-order valence-electron chi connectivity index (χ4n) is 2.57. The van der Waals surface area contributed by atoms with E-state index >= 15 is 0 Å². The first-order chi connectivity index (χ1) is 7.64. The lowest BCUT2D eigenvalue weighted by molar-refractivity contribution is -0.142. The Morgan fingerprint density at radius 2 is 1.94 bits per heavy atom. The lowest BCUT2D eigenvalue weighted by Gasteiger charge is -2.28. The van der Waals surface area contributed by atoms with Gasteiger partial charge in [-0.2, -0.15) is 0 Å². The van der Waals surface area contributed by atoms with E-state index in [9.17, 15) is 9.59 Å². The molecule has 17 heavy (non-hydrogen) atoms. The quantitative estimate of drug-likeness (QED) is 0.761. The maximum atomic E-state index is 12.0. The Morgan fingerprint density at radius 1 is 1.35 bits per heavy atom. The van der Waals surface area contributed by atoms with Crippen molar-refractivity contribution in [3.8, 4) is 0 Å². The van der Waals surface area contributed by atoms with E-state index in [-0.39, 0.29) is 11.5 Å². The number of likely N-dealkylation sites (tertiary alicyclic amines) is 1. The van der Waals surface area contributed by atoms with Crippen molar-refractivity contribution >= 4 is 12.1 Å². The largest absolute Gasteiger partial charge is 0.480 e. The Morgan fingerprint density at radius 3 is 2.41 bits per heavy atom. The summed E-state index contributed by atoms with van der Waals surface area (Å²) in [5.41, 5.74) is -0.603. The number of aliphatic carboxylic acids is 1. The normalized spacial score (nSPS) is 35.4. The van der Waals surface area contributed by atoms with Crippen molar-refractivity contribution in [2.75, 3.05) is 0 Å². The minimum absolute atomic E-state index is 0.0139. The number of piperidine rings is 1. The summed E-state index contributed by atoms with van der Waals surface area (Å²) in [5, 5.41) is 9.13. The number of carbonyl (C=O) groups excluding carboxylic acids is 1. The second-order valence-corrected chi connectivity index (χ2v) is 6.32. The second kappa shape index (κ2) is 3.37. The number of carbonyl (C=O) groups is 2. The fraction of sp³-hybridized carbons (Fsp3) is 0.833. The predicted octanol–water partition coefficient (Wildman–Crippen LogP) is 1.86. The van der Waals surface area contributed by atoms with Crippen molar-refractivity contribution in [3.05, 3.63) is 0 Å². The van der Waals surface area contributed by atoms with Crippen LogP contribution in [0.15, 0.2) is 0 Å². The van der Waals surface area contributed by atoms with E-state index in [1.165, 1.54) is 4.90 Å². The molecule has 5 heteroatoms. The number of carboxylic acid groups (broad SMARTS) is 1. The number of hydrogen-bond donors (Lipinski definition) is 1. The van der Waals surface area contributed by atoms with Gasteiger partial charge >= 0.3 is 12.1 Å². The van der Waals surface area contributed by atoms with Gasteiger partial charge in [0, 0.05) is 6.04 Å². The number of amides is 1. The second-order valence-electron chi connectivity index (χ2n) is 6.32. The van der Waals surface area contributed by atoms with E-state index in [2.05, 4.69) is 0 Å². The van der Waals surface area contributed by atoms with Gasteiger partial charge in [-0.1, -0.05) is 6.92 Å². The molecular weight excluding hydrogens is 222 g/mol. The van der Waals surface area contributed by atoms with Gasteiger partial charge in [0.25, 0.3) is 0 Å². The lowest BCUT2D eigenvalue weighted by Crippen LogP contribution is -2.45. The molecule has 2 aliphatic rings. The SMILES string of the molecule is CC(C)(C)OC(=O)N1C(C(=O)O)C[C@@]2(C)C[C@@H]12. The molecule has 1 unspecified atom stereocenters. The summed E-state index contributed by atoms with van der Waals surface area (Å²) in [7, 11) is 0. The lowest BCUT2D eigenvalue weighted by atomic mass is 10.0. The minimum atomic E-state index is -0.940. The molecule has 2 fully saturated rings. The summed E-state index contributed by atoms with van der Waals surface area (Å²) in [6, 6.07) is -0.688. The van der Waals surface area contributed by atoms with Crippen LogP contribution in [0.1, 0.15) is 40.5 Å². The molecule has 5 nitrogen and oxygen atoms in total. The van der Waals surface area contributed by atoms with Crippen LogP contribution in [0.5, 0.6) is 0 Å². The van der Waals surface area contributed by atoms with Gasteiger partial charge in [0.05, 0.1) is 0 Å². The molecule has 1 amide bonds. The van der Waals surface area contributed by atoms with Gasteiger partial charge in [-0.25, -0.2) is 9.59 Å². The van der Waals surface area contributed by atoms with Crippen LogP contribution in [0.4, 0.5) is 4.79 Å². The highest BCUT2D eigenvalue weighted by Gasteiger charge is 2.65. The number of rotatable bonds is 1. The smallest absolute Gasteiger partial charge is 0.411 e. The third-order valence-corrected chi connectivity index (χ3v) is 3.52. The van der Waals surface area contributed by atoms with Gasteiger partial charge in [0.15, 0.2) is 0 Å². The third kappa shape index (κ3) is 2.10. The highest BCUT2D eigenvalue weighted by molar-refractivity contribution is 5.82. The van der Waals surface area contributed by atoms with Crippen molar-refractivity contribution in [1.29, 1.82) is 0 Å². The minimum Gasteiger partial charge on any atom is -0.480 e. The Bertz CT molecular complexity index is 373. The van der Waals surface area contributed by atoms with E-state index < -0.39 is 23.7 Å². The van der Waals surface area contributed by atoms with Crippen LogP contribution < -0.4 is 0 Å². The Kier molecular flexibility index (Phi) is 2.42. The number of nitrogens with zero attached hydrogens (tertiary/aromatic N) is 1. The summed E-state index contributed by atoms with van der Waals surface area (Å²) >= 11 is 0. The van der Waals surface area contributed by atoms with Gasteiger partial charge in [-0.05, 0) is 39.0 Å². The van der Waals surface area contributed by atoms with Gasteiger partial charge in [-0.3, -0.25) is 4.90 Å².